The van der Waals surface area contributed by atoms with Gasteiger partial charge in [0.2, 0.25) is 5.91 Å². The Morgan fingerprint density at radius 3 is 2.47 bits per heavy atom. The van der Waals surface area contributed by atoms with Crippen molar-refractivity contribution in [2.24, 2.45) is 17.3 Å². The highest BCUT2D eigenvalue weighted by molar-refractivity contribution is 14.1. The van der Waals surface area contributed by atoms with Crippen LogP contribution < -0.4 is 0 Å². The third-order valence-corrected chi connectivity index (χ3v) is 5.98. The van der Waals surface area contributed by atoms with Crippen molar-refractivity contribution in [2.45, 2.75) is 25.7 Å². The minimum absolute atomic E-state index is 0.166. The summed E-state index contributed by atoms with van der Waals surface area (Å²) in [6.07, 6.45) is 4.03. The molecule has 2 aliphatic heterocycles. The first-order valence-electron chi connectivity index (χ1n) is 7.18. The molecule has 2 heterocycles. The Morgan fingerprint density at radius 2 is 1.89 bits per heavy atom. The Morgan fingerprint density at radius 1 is 1.21 bits per heavy atom. The molecule has 5 heteroatoms. The minimum atomic E-state index is 0.166. The lowest BCUT2D eigenvalue weighted by Crippen LogP contribution is -2.40. The molecule has 0 aromatic rings. The summed E-state index contributed by atoms with van der Waals surface area (Å²) in [4.78, 5) is 28.3. The van der Waals surface area contributed by atoms with E-state index in [0.29, 0.717) is 5.91 Å². The van der Waals surface area contributed by atoms with E-state index in [1.165, 1.54) is 0 Å². The molecule has 19 heavy (non-hydrogen) atoms. The SMILES string of the molecule is CN1CCC(C(=O)N2CCC3(CC3C(=O)I)C2)CC1. The molecule has 0 N–H and O–H groups in total. The Labute approximate surface area is 128 Å². The number of piperidine rings is 1. The van der Waals surface area contributed by atoms with Crippen LogP contribution in [-0.2, 0) is 9.59 Å². The number of likely N-dealkylation sites (tertiary alicyclic amines) is 2. The molecule has 0 radical (unpaired) electrons. The third kappa shape index (κ3) is 2.55. The van der Waals surface area contributed by atoms with Gasteiger partial charge in [0, 0.05) is 30.3 Å². The van der Waals surface area contributed by atoms with Gasteiger partial charge in [-0.05, 0) is 68.4 Å². The smallest absolute Gasteiger partial charge is 0.225 e. The summed E-state index contributed by atoms with van der Waals surface area (Å²) in [6, 6.07) is 0. The number of halogens is 1. The van der Waals surface area contributed by atoms with E-state index >= 15 is 0 Å². The van der Waals surface area contributed by atoms with Crippen LogP contribution in [-0.4, -0.2) is 52.7 Å². The van der Waals surface area contributed by atoms with Crippen LogP contribution in [0.1, 0.15) is 25.7 Å². The Bertz CT molecular complexity index is 406. The van der Waals surface area contributed by atoms with Gasteiger partial charge < -0.3 is 9.80 Å². The van der Waals surface area contributed by atoms with Crippen molar-refractivity contribution in [3.8, 4) is 0 Å². The van der Waals surface area contributed by atoms with Crippen LogP contribution >= 0.6 is 22.6 Å². The van der Waals surface area contributed by atoms with Gasteiger partial charge in [-0.2, -0.15) is 0 Å². The first-order valence-corrected chi connectivity index (χ1v) is 8.26. The van der Waals surface area contributed by atoms with Crippen LogP contribution in [0.15, 0.2) is 0 Å². The molecule has 2 saturated heterocycles. The molecule has 2 atom stereocenters. The maximum absolute atomic E-state index is 12.5. The number of carbonyl (C=O) groups excluding carboxylic acids is 2. The van der Waals surface area contributed by atoms with Gasteiger partial charge in [0.1, 0.15) is 0 Å². The van der Waals surface area contributed by atoms with Crippen molar-refractivity contribution in [1.29, 1.82) is 0 Å². The second-order valence-electron chi connectivity index (χ2n) is 6.51. The molecular weight excluding hydrogens is 355 g/mol. The van der Waals surface area contributed by atoms with E-state index in [2.05, 4.69) is 11.9 Å². The maximum Gasteiger partial charge on any atom is 0.225 e. The van der Waals surface area contributed by atoms with Gasteiger partial charge in [-0.1, -0.05) is 0 Å². The molecule has 3 aliphatic rings. The lowest BCUT2D eigenvalue weighted by Gasteiger charge is -2.31. The van der Waals surface area contributed by atoms with Crippen LogP contribution in [0.2, 0.25) is 0 Å². The number of nitrogens with zero attached hydrogens (tertiary/aromatic N) is 2. The van der Waals surface area contributed by atoms with Gasteiger partial charge in [0.25, 0.3) is 0 Å². The zero-order chi connectivity index (χ0) is 13.6. The van der Waals surface area contributed by atoms with Gasteiger partial charge in [-0.3, -0.25) is 9.59 Å². The van der Waals surface area contributed by atoms with Crippen LogP contribution in [0.4, 0.5) is 0 Å². The largest absolute Gasteiger partial charge is 0.342 e. The molecule has 1 amide bonds. The fourth-order valence-corrected chi connectivity index (χ4v) is 4.60. The molecule has 2 unspecified atom stereocenters. The number of hydrogen-bond donors (Lipinski definition) is 0. The zero-order valence-electron chi connectivity index (χ0n) is 11.4. The second kappa shape index (κ2) is 4.98. The third-order valence-electron chi connectivity index (χ3n) is 5.23. The van der Waals surface area contributed by atoms with E-state index in [0.717, 1.165) is 51.9 Å². The molecule has 3 rings (SSSR count). The fraction of sp³-hybridized carbons (Fsp3) is 0.857. The van der Waals surface area contributed by atoms with Crippen LogP contribution in [0.5, 0.6) is 0 Å². The van der Waals surface area contributed by atoms with Crippen molar-refractivity contribution < 1.29 is 9.59 Å². The number of carbonyl (C=O) groups is 2. The highest BCUT2D eigenvalue weighted by Crippen LogP contribution is 2.59. The zero-order valence-corrected chi connectivity index (χ0v) is 13.6. The molecule has 1 aliphatic carbocycles. The van der Waals surface area contributed by atoms with Crippen molar-refractivity contribution in [3.05, 3.63) is 0 Å². The monoisotopic (exact) mass is 376 g/mol. The van der Waals surface area contributed by atoms with Crippen molar-refractivity contribution in [1.82, 2.24) is 9.80 Å². The standard InChI is InChI=1S/C14H21IN2O2/c1-16-5-2-10(3-6-16)13(19)17-7-4-14(9-17)8-11(14)12(15)18/h10-11H,2-9H2,1H3. The van der Waals surface area contributed by atoms with Gasteiger partial charge in [0.05, 0.1) is 0 Å². The lowest BCUT2D eigenvalue weighted by atomic mass is 9.95. The second-order valence-corrected chi connectivity index (χ2v) is 7.57. The first kappa shape index (κ1) is 13.8. The average molecular weight is 376 g/mol. The summed E-state index contributed by atoms with van der Waals surface area (Å²) >= 11 is 1.92. The Hall–Kier alpha value is -0.170. The maximum atomic E-state index is 12.5. The molecule has 0 aromatic heterocycles. The topological polar surface area (TPSA) is 40.6 Å². The predicted molar refractivity (Wildman–Crippen MR) is 81.0 cm³/mol. The van der Waals surface area contributed by atoms with E-state index < -0.39 is 0 Å². The van der Waals surface area contributed by atoms with E-state index in [1.54, 1.807) is 0 Å². The summed E-state index contributed by atoms with van der Waals surface area (Å²) < 4.78 is 0.284. The molecule has 4 nitrogen and oxygen atoms in total. The van der Waals surface area contributed by atoms with E-state index in [9.17, 15) is 9.59 Å². The first-order chi connectivity index (χ1) is 9.02. The Kier molecular flexibility index (Phi) is 3.62. The van der Waals surface area contributed by atoms with Gasteiger partial charge in [0.15, 0.2) is 3.79 Å². The minimum Gasteiger partial charge on any atom is -0.342 e. The van der Waals surface area contributed by atoms with Crippen molar-refractivity contribution in [3.63, 3.8) is 0 Å². The summed E-state index contributed by atoms with van der Waals surface area (Å²) in [6.45, 7) is 3.76. The summed E-state index contributed by atoms with van der Waals surface area (Å²) in [5, 5.41) is 0. The summed E-state index contributed by atoms with van der Waals surface area (Å²) in [5.74, 6) is 0.791. The predicted octanol–water partition coefficient (Wildman–Crippen LogP) is 1.53. The normalized spacial score (nSPS) is 35.9. The van der Waals surface area contributed by atoms with Crippen LogP contribution in [0.3, 0.4) is 0 Å². The van der Waals surface area contributed by atoms with Gasteiger partial charge in [-0.15, -0.1) is 0 Å². The lowest BCUT2D eigenvalue weighted by molar-refractivity contribution is -0.136. The molecule has 1 spiro atoms. The van der Waals surface area contributed by atoms with Gasteiger partial charge >= 0.3 is 0 Å². The molecule has 1 saturated carbocycles. The van der Waals surface area contributed by atoms with Crippen molar-refractivity contribution >= 4 is 32.3 Å². The van der Waals surface area contributed by atoms with E-state index in [4.69, 9.17) is 0 Å². The molecule has 3 fully saturated rings. The van der Waals surface area contributed by atoms with Crippen LogP contribution in [0.25, 0.3) is 0 Å². The Balaban J connectivity index is 1.57. The quantitative estimate of drug-likeness (QED) is 0.542. The number of amides is 1. The molecule has 0 aromatic carbocycles. The number of rotatable bonds is 2. The van der Waals surface area contributed by atoms with E-state index in [-0.39, 0.29) is 21.0 Å². The number of hydrogen-bond acceptors (Lipinski definition) is 3. The van der Waals surface area contributed by atoms with E-state index in [1.807, 2.05) is 27.5 Å². The molecule has 0 bridgehead atoms. The fourth-order valence-electron chi connectivity index (χ4n) is 3.72. The summed E-state index contributed by atoms with van der Waals surface area (Å²) in [5.41, 5.74) is 0.166. The van der Waals surface area contributed by atoms with Crippen molar-refractivity contribution in [2.75, 3.05) is 33.2 Å². The highest BCUT2D eigenvalue weighted by Gasteiger charge is 2.60. The average Bonchev–Trinajstić information content (AvgIpc) is 2.92. The molecular formula is C14H21IN2O2. The molecule has 106 valence electrons. The van der Waals surface area contributed by atoms with Crippen LogP contribution in [0, 0.1) is 17.3 Å². The highest BCUT2D eigenvalue weighted by atomic mass is 127. The van der Waals surface area contributed by atoms with Gasteiger partial charge in [-0.25, -0.2) is 0 Å². The summed E-state index contributed by atoms with van der Waals surface area (Å²) in [7, 11) is 2.12.